The van der Waals surface area contributed by atoms with Crippen molar-refractivity contribution in [3.8, 4) is 0 Å². The maximum Gasteiger partial charge on any atom is 0.331 e. The first-order valence-electron chi connectivity index (χ1n) is 10.1. The molecule has 148 valence electrons. The zero-order valence-electron chi connectivity index (χ0n) is 15.8. The standard InChI is InChI=1S/C20H25N5O2S/c21-28(27,16-10-22-25(12-16)11-13-7-8-13)24-20(26)23-19-17-5-1-3-14(17)9-15-4-2-6-18(15)19/h9-10,12-13H,1-8,11H2,(H3,21,23,24,26,27). The summed E-state index contributed by atoms with van der Waals surface area (Å²) in [5.74, 6) is 0.632. The summed E-state index contributed by atoms with van der Waals surface area (Å²) in [6, 6.07) is 1.72. The van der Waals surface area contributed by atoms with Crippen molar-refractivity contribution in [1.82, 2.24) is 14.5 Å². The van der Waals surface area contributed by atoms with Crippen LogP contribution in [0, 0.1) is 10.7 Å². The average molecular weight is 400 g/mol. The Morgan fingerprint density at radius 2 is 1.86 bits per heavy atom. The molecule has 1 saturated carbocycles. The van der Waals surface area contributed by atoms with Gasteiger partial charge in [-0.05, 0) is 79.5 Å². The molecule has 5 rings (SSSR count). The van der Waals surface area contributed by atoms with E-state index in [1.54, 1.807) is 10.9 Å². The number of fused-ring (bicyclic) bond motifs is 2. The van der Waals surface area contributed by atoms with Crippen LogP contribution in [0.5, 0.6) is 0 Å². The Balaban J connectivity index is 1.34. The van der Waals surface area contributed by atoms with E-state index in [0.29, 0.717) is 5.92 Å². The number of hydrogen-bond donors (Lipinski definition) is 3. The van der Waals surface area contributed by atoms with Crippen molar-refractivity contribution in [3.63, 3.8) is 0 Å². The van der Waals surface area contributed by atoms with Crippen LogP contribution in [0.25, 0.3) is 0 Å². The van der Waals surface area contributed by atoms with Crippen LogP contribution in [-0.4, -0.2) is 20.0 Å². The number of carbonyl (C=O) groups excluding carboxylic acids is 1. The van der Waals surface area contributed by atoms with Gasteiger partial charge < -0.3 is 5.32 Å². The van der Waals surface area contributed by atoms with E-state index in [-0.39, 0.29) is 4.90 Å². The Bertz CT molecular complexity index is 1020. The third-order valence-corrected chi connectivity index (χ3v) is 7.38. The van der Waals surface area contributed by atoms with E-state index in [1.807, 2.05) is 0 Å². The molecule has 3 aliphatic carbocycles. The lowest BCUT2D eigenvalue weighted by atomic mass is 9.99. The van der Waals surface area contributed by atoms with Crippen molar-refractivity contribution in [3.05, 3.63) is 40.7 Å². The molecule has 2 aromatic rings. The van der Waals surface area contributed by atoms with Crippen molar-refractivity contribution >= 4 is 21.6 Å². The molecule has 2 amide bonds. The molecule has 28 heavy (non-hydrogen) atoms. The normalized spacial score (nSPS) is 19.7. The van der Waals surface area contributed by atoms with Crippen LogP contribution in [0.3, 0.4) is 0 Å². The Kier molecular flexibility index (Phi) is 4.19. The van der Waals surface area contributed by atoms with Gasteiger partial charge in [0.15, 0.2) is 9.92 Å². The second-order valence-corrected chi connectivity index (χ2v) is 9.98. The number of nitrogens with one attached hydrogen (secondary N) is 3. The molecule has 0 bridgehead atoms. The summed E-state index contributed by atoms with van der Waals surface area (Å²) >= 11 is 0. The van der Waals surface area contributed by atoms with E-state index in [1.165, 1.54) is 41.3 Å². The summed E-state index contributed by atoms with van der Waals surface area (Å²) in [6.45, 7) is 0.782. The van der Waals surface area contributed by atoms with Gasteiger partial charge >= 0.3 is 6.03 Å². The Hall–Kier alpha value is -2.35. The highest BCUT2D eigenvalue weighted by molar-refractivity contribution is 7.91. The fraction of sp³-hybridized carbons (Fsp3) is 0.500. The van der Waals surface area contributed by atoms with Gasteiger partial charge in [0, 0.05) is 18.4 Å². The smallest absolute Gasteiger partial charge is 0.307 e. The van der Waals surface area contributed by atoms with E-state index >= 15 is 0 Å². The van der Waals surface area contributed by atoms with E-state index in [4.69, 9.17) is 4.78 Å². The number of benzene rings is 1. The summed E-state index contributed by atoms with van der Waals surface area (Å²) < 4.78 is 25.1. The van der Waals surface area contributed by atoms with Crippen molar-refractivity contribution in [1.29, 1.82) is 4.78 Å². The minimum Gasteiger partial charge on any atom is -0.307 e. The predicted octanol–water partition coefficient (Wildman–Crippen LogP) is 3.41. The van der Waals surface area contributed by atoms with Crippen LogP contribution in [-0.2, 0) is 42.1 Å². The molecule has 0 spiro atoms. The fourth-order valence-electron chi connectivity index (χ4n) is 4.45. The van der Waals surface area contributed by atoms with Crippen LogP contribution in [0.1, 0.15) is 47.9 Å². The third-order valence-electron chi connectivity index (χ3n) is 6.03. The van der Waals surface area contributed by atoms with E-state index in [0.717, 1.165) is 50.8 Å². The van der Waals surface area contributed by atoms with Crippen molar-refractivity contribution in [2.75, 3.05) is 5.32 Å². The van der Waals surface area contributed by atoms with Gasteiger partial charge in [-0.15, -0.1) is 0 Å². The minimum atomic E-state index is -3.45. The third kappa shape index (κ3) is 3.30. The molecule has 1 unspecified atom stereocenters. The molecule has 1 aromatic heterocycles. The Morgan fingerprint density at radius 3 is 2.50 bits per heavy atom. The quantitative estimate of drug-likeness (QED) is 0.718. The molecule has 0 saturated heterocycles. The number of urea groups is 1. The average Bonchev–Trinajstić information content (AvgIpc) is 3.06. The number of rotatable bonds is 5. The lowest BCUT2D eigenvalue weighted by molar-refractivity contribution is 0.256. The molecule has 1 aromatic carbocycles. The Labute approximate surface area is 165 Å². The molecule has 7 nitrogen and oxygen atoms in total. The molecule has 1 fully saturated rings. The molecular weight excluding hydrogens is 374 g/mol. The number of carbonyl (C=O) groups is 1. The number of amides is 2. The predicted molar refractivity (Wildman–Crippen MR) is 107 cm³/mol. The number of aromatic nitrogens is 2. The van der Waals surface area contributed by atoms with Gasteiger partial charge in [0.1, 0.15) is 4.90 Å². The van der Waals surface area contributed by atoms with Crippen LogP contribution >= 0.6 is 0 Å². The molecule has 3 N–H and O–H groups in total. The lowest BCUT2D eigenvalue weighted by Crippen LogP contribution is -2.34. The number of hydrogen-bond acceptors (Lipinski definition) is 4. The molecule has 0 aliphatic heterocycles. The largest absolute Gasteiger partial charge is 0.331 e. The molecule has 3 aliphatic rings. The van der Waals surface area contributed by atoms with Crippen LogP contribution in [0.4, 0.5) is 10.5 Å². The SMILES string of the molecule is N=S(=O)(NC(=O)Nc1c2c(cc3c1CCC3)CCC2)c1cnn(CC2CC2)c1. The maximum absolute atomic E-state index is 12.8. The van der Waals surface area contributed by atoms with Gasteiger partial charge in [-0.2, -0.15) is 5.10 Å². The Morgan fingerprint density at radius 1 is 1.18 bits per heavy atom. The van der Waals surface area contributed by atoms with E-state index < -0.39 is 15.9 Å². The number of anilines is 1. The second-order valence-electron chi connectivity index (χ2n) is 8.19. The second kappa shape index (κ2) is 6.62. The lowest BCUT2D eigenvalue weighted by Gasteiger charge is -2.17. The monoisotopic (exact) mass is 399 g/mol. The van der Waals surface area contributed by atoms with Crippen LogP contribution < -0.4 is 10.0 Å². The number of aryl methyl sites for hydroxylation is 2. The summed E-state index contributed by atoms with van der Waals surface area (Å²) in [6.07, 6.45) is 11.7. The summed E-state index contributed by atoms with van der Waals surface area (Å²) in [4.78, 5) is 12.9. The molecular formula is C20H25N5O2S. The zero-order valence-corrected chi connectivity index (χ0v) is 16.6. The highest BCUT2D eigenvalue weighted by Crippen LogP contribution is 2.38. The highest BCUT2D eigenvalue weighted by Gasteiger charge is 2.26. The molecule has 0 radical (unpaired) electrons. The molecule has 8 heteroatoms. The maximum atomic E-state index is 12.8. The van der Waals surface area contributed by atoms with E-state index in [9.17, 15) is 9.00 Å². The first-order valence-corrected chi connectivity index (χ1v) is 11.6. The molecule has 1 atom stereocenters. The highest BCUT2D eigenvalue weighted by atomic mass is 32.2. The minimum absolute atomic E-state index is 0.242. The van der Waals surface area contributed by atoms with Crippen molar-refractivity contribution < 1.29 is 9.00 Å². The topological polar surface area (TPSA) is 99.9 Å². The van der Waals surface area contributed by atoms with Gasteiger partial charge in [0.25, 0.3) is 0 Å². The summed E-state index contributed by atoms with van der Waals surface area (Å²) in [5, 5.41) is 7.14. The first kappa shape index (κ1) is 17.7. The zero-order chi connectivity index (χ0) is 19.3. The first-order chi connectivity index (χ1) is 13.5. The van der Waals surface area contributed by atoms with Gasteiger partial charge in [-0.1, -0.05) is 6.07 Å². The van der Waals surface area contributed by atoms with Gasteiger partial charge in [-0.25, -0.2) is 18.5 Å². The summed E-state index contributed by atoms with van der Waals surface area (Å²) in [5.41, 5.74) is 5.96. The summed E-state index contributed by atoms with van der Waals surface area (Å²) in [7, 11) is -3.45. The van der Waals surface area contributed by atoms with Gasteiger partial charge in [-0.3, -0.25) is 4.68 Å². The molecule has 1 heterocycles. The van der Waals surface area contributed by atoms with Gasteiger partial charge in [0.05, 0.1) is 6.20 Å². The van der Waals surface area contributed by atoms with E-state index in [2.05, 4.69) is 21.2 Å². The number of nitrogens with zero attached hydrogens (tertiary/aromatic N) is 2. The van der Waals surface area contributed by atoms with Crippen LogP contribution in [0.2, 0.25) is 0 Å². The van der Waals surface area contributed by atoms with Gasteiger partial charge in [0.2, 0.25) is 0 Å². The van der Waals surface area contributed by atoms with Crippen molar-refractivity contribution in [2.24, 2.45) is 5.92 Å². The van der Waals surface area contributed by atoms with Crippen LogP contribution in [0.15, 0.2) is 23.4 Å². The fourth-order valence-corrected chi connectivity index (χ4v) is 5.35. The van der Waals surface area contributed by atoms with Crippen molar-refractivity contribution in [2.45, 2.75) is 62.8 Å².